The van der Waals surface area contributed by atoms with Gasteiger partial charge in [-0.15, -0.1) is 0 Å². The zero-order chi connectivity index (χ0) is 45.1. The highest BCUT2D eigenvalue weighted by Gasteiger charge is 2.19. The minimum absolute atomic E-state index is 0.144. The molecule has 344 valence electrons. The van der Waals surface area contributed by atoms with Gasteiger partial charge in [-0.2, -0.15) is 0 Å². The van der Waals surface area contributed by atoms with Gasteiger partial charge in [0.1, 0.15) is 13.2 Å². The van der Waals surface area contributed by atoms with Gasteiger partial charge in [0, 0.05) is 19.3 Å². The Morgan fingerprint density at radius 1 is 0.339 bits per heavy atom. The van der Waals surface area contributed by atoms with E-state index in [1.165, 1.54) is 51.4 Å². The molecule has 0 aliphatic carbocycles. The molecule has 1 atom stereocenters. The molecule has 0 aromatic heterocycles. The molecule has 0 aliphatic heterocycles. The molecule has 0 aromatic carbocycles. The lowest BCUT2D eigenvalue weighted by atomic mass is 10.1. The van der Waals surface area contributed by atoms with E-state index in [2.05, 4.69) is 57.2 Å². The average molecular weight is 853 g/mol. The van der Waals surface area contributed by atoms with Crippen LogP contribution in [0.4, 0.5) is 0 Å². The minimum atomic E-state index is -0.856. The third-order valence-corrected chi connectivity index (χ3v) is 9.34. The third kappa shape index (κ3) is 46.4. The van der Waals surface area contributed by atoms with E-state index in [1.807, 2.05) is 109 Å². The molecule has 1 unspecified atom stereocenters. The zero-order valence-electron chi connectivity index (χ0n) is 39.1. The van der Waals surface area contributed by atoms with Crippen molar-refractivity contribution in [2.24, 2.45) is 0 Å². The number of esters is 3. The number of carbonyl (C=O) groups is 3. The number of rotatable bonds is 40. The standard InChI is InChI=1S/C56H84O6/c1-4-7-10-13-16-19-22-25-26-27-28-29-32-34-37-40-43-46-49-55(58)61-52-53(62-56(59)50-47-44-41-38-35-31-24-21-18-15-12-9-6-3)51-60-54(57)48-45-42-39-36-33-30-23-20-17-14-11-8-5-2/h8-9,11-12,14-15,17-18,20-21,23-24,26-31,33,35-36,38-39,41,53H,4-7,10,13,16,19,22,25,32,34,37,40,42-52H2,1-3H3/b11-8-,12-9-,17-14-,18-15-,23-20-,24-21-,27-26-,29-28-,33-30-,35-31-,39-36-,41-38-. The number of unbranched alkanes of at least 4 members (excludes halogenated alkanes) is 14. The Morgan fingerprint density at radius 3 is 1.06 bits per heavy atom. The molecular weight excluding hydrogens is 769 g/mol. The first kappa shape index (κ1) is 57.3. The van der Waals surface area contributed by atoms with Crippen LogP contribution >= 0.6 is 0 Å². The molecule has 0 aromatic rings. The summed E-state index contributed by atoms with van der Waals surface area (Å²) in [5.74, 6) is -1.13. The van der Waals surface area contributed by atoms with E-state index in [9.17, 15) is 14.4 Å². The summed E-state index contributed by atoms with van der Waals surface area (Å²) in [5.41, 5.74) is 0. The van der Waals surface area contributed by atoms with Crippen LogP contribution in [0, 0.1) is 0 Å². The van der Waals surface area contributed by atoms with Crippen LogP contribution in [0.15, 0.2) is 146 Å². The molecule has 0 amide bonds. The molecule has 0 spiro atoms. The molecule has 0 radical (unpaired) electrons. The summed E-state index contributed by atoms with van der Waals surface area (Å²) in [4.78, 5) is 37.8. The molecule has 0 saturated carbocycles. The second-order valence-electron chi connectivity index (χ2n) is 15.2. The van der Waals surface area contributed by atoms with Crippen LogP contribution in [-0.2, 0) is 28.6 Å². The number of allylic oxidation sites excluding steroid dienone is 24. The summed E-state index contributed by atoms with van der Waals surface area (Å²) >= 11 is 0. The summed E-state index contributed by atoms with van der Waals surface area (Å²) in [6.45, 7) is 6.16. The van der Waals surface area contributed by atoms with Crippen LogP contribution in [0.1, 0.15) is 168 Å². The molecule has 62 heavy (non-hydrogen) atoms. The van der Waals surface area contributed by atoms with Crippen molar-refractivity contribution in [3.05, 3.63) is 146 Å². The zero-order valence-corrected chi connectivity index (χ0v) is 39.1. The van der Waals surface area contributed by atoms with Gasteiger partial charge >= 0.3 is 17.9 Å². The average Bonchev–Trinajstić information content (AvgIpc) is 3.27. The first-order valence-corrected chi connectivity index (χ1v) is 24.0. The maximum Gasteiger partial charge on any atom is 0.306 e. The van der Waals surface area contributed by atoms with Gasteiger partial charge in [0.2, 0.25) is 0 Å². The maximum atomic E-state index is 12.7. The molecule has 0 rings (SSSR count). The van der Waals surface area contributed by atoms with Crippen LogP contribution in [0.25, 0.3) is 0 Å². The maximum absolute atomic E-state index is 12.7. The van der Waals surface area contributed by atoms with Gasteiger partial charge in [0.25, 0.3) is 0 Å². The highest BCUT2D eigenvalue weighted by molar-refractivity contribution is 5.71. The first-order chi connectivity index (χ1) is 30.5. The predicted octanol–water partition coefficient (Wildman–Crippen LogP) is 15.7. The van der Waals surface area contributed by atoms with Crippen molar-refractivity contribution in [3.63, 3.8) is 0 Å². The molecule has 0 aliphatic rings. The lowest BCUT2D eigenvalue weighted by Gasteiger charge is -2.18. The second-order valence-corrected chi connectivity index (χ2v) is 15.2. The summed E-state index contributed by atoms with van der Waals surface area (Å²) < 4.78 is 16.6. The largest absolute Gasteiger partial charge is 0.462 e. The monoisotopic (exact) mass is 853 g/mol. The summed E-state index contributed by atoms with van der Waals surface area (Å²) in [7, 11) is 0. The smallest absolute Gasteiger partial charge is 0.306 e. The van der Waals surface area contributed by atoms with Gasteiger partial charge in [-0.05, 0) is 70.6 Å². The van der Waals surface area contributed by atoms with Crippen molar-refractivity contribution in [3.8, 4) is 0 Å². The van der Waals surface area contributed by atoms with Crippen molar-refractivity contribution >= 4 is 17.9 Å². The molecule has 6 heteroatoms. The highest BCUT2D eigenvalue weighted by Crippen LogP contribution is 2.11. The van der Waals surface area contributed by atoms with Crippen LogP contribution < -0.4 is 0 Å². The van der Waals surface area contributed by atoms with Crippen molar-refractivity contribution in [2.45, 2.75) is 175 Å². The fraction of sp³-hybridized carbons (Fsp3) is 0.518. The van der Waals surface area contributed by atoms with Crippen LogP contribution in [-0.4, -0.2) is 37.2 Å². The fourth-order valence-electron chi connectivity index (χ4n) is 5.79. The number of hydrogen-bond donors (Lipinski definition) is 0. The normalized spacial score (nSPS) is 13.4. The van der Waals surface area contributed by atoms with Crippen molar-refractivity contribution in [2.75, 3.05) is 13.2 Å². The van der Waals surface area contributed by atoms with Crippen molar-refractivity contribution < 1.29 is 28.6 Å². The minimum Gasteiger partial charge on any atom is -0.462 e. The van der Waals surface area contributed by atoms with Gasteiger partial charge in [-0.25, -0.2) is 0 Å². The van der Waals surface area contributed by atoms with Gasteiger partial charge in [0.15, 0.2) is 6.10 Å². The molecule has 0 N–H and O–H groups in total. The van der Waals surface area contributed by atoms with Gasteiger partial charge in [0.05, 0.1) is 0 Å². The third-order valence-electron chi connectivity index (χ3n) is 9.34. The molecule has 0 saturated heterocycles. The molecule has 0 fully saturated rings. The SMILES string of the molecule is CC\C=C/C=C\C=C/C=C\C=C/CCCC(=O)OCC(COC(=O)CCCCCCC/C=C\C=C/CCCCCCCCC)OC(=O)CCC\C=C/C=C\C=C/C=C\C=C/CC. The summed E-state index contributed by atoms with van der Waals surface area (Å²) in [6, 6.07) is 0. The quantitative estimate of drug-likeness (QED) is 0.0264. The van der Waals surface area contributed by atoms with Gasteiger partial charge in [-0.1, -0.05) is 224 Å². The van der Waals surface area contributed by atoms with E-state index in [0.29, 0.717) is 25.7 Å². The molecule has 0 heterocycles. The Morgan fingerprint density at radius 2 is 0.645 bits per heavy atom. The van der Waals surface area contributed by atoms with E-state index < -0.39 is 12.1 Å². The summed E-state index contributed by atoms with van der Waals surface area (Å²) in [5, 5.41) is 0. The first-order valence-electron chi connectivity index (χ1n) is 24.0. The number of ether oxygens (including phenoxy) is 3. The number of hydrogen-bond acceptors (Lipinski definition) is 6. The Bertz CT molecular complexity index is 1440. The fourth-order valence-corrected chi connectivity index (χ4v) is 5.79. The lowest BCUT2D eigenvalue weighted by Crippen LogP contribution is -2.30. The Kier molecular flexibility index (Phi) is 45.2. The molecular formula is C56H84O6. The van der Waals surface area contributed by atoms with E-state index in [4.69, 9.17) is 14.2 Å². The lowest BCUT2D eigenvalue weighted by molar-refractivity contribution is -0.167. The Labute approximate surface area is 378 Å². The van der Waals surface area contributed by atoms with Crippen LogP contribution in [0.5, 0.6) is 0 Å². The summed E-state index contributed by atoms with van der Waals surface area (Å²) in [6.07, 6.45) is 69.9. The van der Waals surface area contributed by atoms with Crippen LogP contribution in [0.3, 0.4) is 0 Å². The highest BCUT2D eigenvalue weighted by atomic mass is 16.6. The van der Waals surface area contributed by atoms with Crippen molar-refractivity contribution in [1.29, 1.82) is 0 Å². The second kappa shape index (κ2) is 49.0. The van der Waals surface area contributed by atoms with Gasteiger partial charge in [-0.3, -0.25) is 14.4 Å². The van der Waals surface area contributed by atoms with E-state index in [1.54, 1.807) is 0 Å². The molecule has 6 nitrogen and oxygen atoms in total. The van der Waals surface area contributed by atoms with Crippen LogP contribution in [0.2, 0.25) is 0 Å². The Hall–Kier alpha value is -4.71. The Balaban J connectivity index is 4.62. The molecule has 0 bridgehead atoms. The number of carbonyl (C=O) groups excluding carboxylic acids is 3. The van der Waals surface area contributed by atoms with E-state index >= 15 is 0 Å². The van der Waals surface area contributed by atoms with E-state index in [0.717, 1.165) is 57.8 Å². The van der Waals surface area contributed by atoms with Crippen molar-refractivity contribution in [1.82, 2.24) is 0 Å². The van der Waals surface area contributed by atoms with Gasteiger partial charge < -0.3 is 14.2 Å². The predicted molar refractivity (Wildman–Crippen MR) is 265 cm³/mol. The topological polar surface area (TPSA) is 78.9 Å². The van der Waals surface area contributed by atoms with E-state index in [-0.39, 0.29) is 38.0 Å².